The monoisotopic (exact) mass is 152 g/mol. The van der Waals surface area contributed by atoms with Gasteiger partial charge in [0.05, 0.1) is 5.56 Å². The van der Waals surface area contributed by atoms with Gasteiger partial charge in [-0.1, -0.05) is 13.0 Å². The third kappa shape index (κ3) is 1.64. The average molecular weight is 152 g/mol. The minimum Gasteiger partial charge on any atom is -0.298 e. The van der Waals surface area contributed by atoms with Crippen molar-refractivity contribution < 1.29 is 9.18 Å². The Hall–Kier alpha value is -1.18. The summed E-state index contributed by atoms with van der Waals surface area (Å²) in [7, 11) is 0. The summed E-state index contributed by atoms with van der Waals surface area (Å²) in [6, 6.07) is 4.65. The highest BCUT2D eigenvalue weighted by molar-refractivity contribution is 5.75. The van der Waals surface area contributed by atoms with Crippen LogP contribution in [0, 0.1) is 5.82 Å². The molecular formula is C9H9FO. The van der Waals surface area contributed by atoms with E-state index in [0.717, 1.165) is 12.0 Å². The van der Waals surface area contributed by atoms with E-state index in [9.17, 15) is 9.18 Å². The standard InChI is InChI=1S/C9H9FO/c1-2-7-3-4-8(6-11)9(10)5-7/h3-6H,2H2,1H3. The molecule has 0 aliphatic heterocycles. The Morgan fingerprint density at radius 1 is 1.55 bits per heavy atom. The van der Waals surface area contributed by atoms with Crippen LogP contribution in [0.25, 0.3) is 0 Å². The first-order valence-corrected chi connectivity index (χ1v) is 3.51. The van der Waals surface area contributed by atoms with E-state index in [0.29, 0.717) is 6.29 Å². The number of aldehydes is 1. The van der Waals surface area contributed by atoms with Gasteiger partial charge in [-0.25, -0.2) is 4.39 Å². The fourth-order valence-electron chi connectivity index (χ4n) is 0.886. The Bertz CT molecular complexity index is 268. The van der Waals surface area contributed by atoms with E-state index in [2.05, 4.69) is 0 Å². The second-order valence-electron chi connectivity index (χ2n) is 2.33. The molecule has 0 saturated carbocycles. The lowest BCUT2D eigenvalue weighted by Gasteiger charge is -1.97. The van der Waals surface area contributed by atoms with Crippen LogP contribution in [0.15, 0.2) is 18.2 Å². The second kappa shape index (κ2) is 3.28. The van der Waals surface area contributed by atoms with Gasteiger partial charge in [-0.3, -0.25) is 4.79 Å². The molecule has 0 bridgehead atoms. The number of halogens is 1. The van der Waals surface area contributed by atoms with Crippen molar-refractivity contribution >= 4 is 6.29 Å². The lowest BCUT2D eigenvalue weighted by atomic mass is 10.1. The van der Waals surface area contributed by atoms with Gasteiger partial charge in [0.25, 0.3) is 0 Å². The van der Waals surface area contributed by atoms with Gasteiger partial charge in [-0.15, -0.1) is 0 Å². The van der Waals surface area contributed by atoms with Gasteiger partial charge >= 0.3 is 0 Å². The van der Waals surface area contributed by atoms with Crippen molar-refractivity contribution in [3.63, 3.8) is 0 Å². The highest BCUT2D eigenvalue weighted by Crippen LogP contribution is 2.08. The highest BCUT2D eigenvalue weighted by atomic mass is 19.1. The lowest BCUT2D eigenvalue weighted by Crippen LogP contribution is -1.89. The quantitative estimate of drug-likeness (QED) is 0.594. The molecule has 0 atom stereocenters. The number of carbonyl (C=O) groups is 1. The van der Waals surface area contributed by atoms with Crippen molar-refractivity contribution in [1.29, 1.82) is 0 Å². The maximum Gasteiger partial charge on any atom is 0.152 e. The molecule has 0 fully saturated rings. The zero-order valence-electron chi connectivity index (χ0n) is 6.30. The zero-order valence-corrected chi connectivity index (χ0v) is 6.30. The van der Waals surface area contributed by atoms with Crippen LogP contribution in [0.2, 0.25) is 0 Å². The molecule has 1 nitrogen and oxygen atoms in total. The maximum atomic E-state index is 12.8. The van der Waals surface area contributed by atoms with Crippen molar-refractivity contribution in [1.82, 2.24) is 0 Å². The van der Waals surface area contributed by atoms with E-state index in [1.165, 1.54) is 12.1 Å². The average Bonchev–Trinajstić information content (AvgIpc) is 2.04. The number of hydrogen-bond acceptors (Lipinski definition) is 1. The van der Waals surface area contributed by atoms with Crippen molar-refractivity contribution in [2.75, 3.05) is 0 Å². The van der Waals surface area contributed by atoms with E-state index in [4.69, 9.17) is 0 Å². The Morgan fingerprint density at radius 3 is 2.73 bits per heavy atom. The molecule has 0 saturated heterocycles. The summed E-state index contributed by atoms with van der Waals surface area (Å²) in [6.07, 6.45) is 1.31. The third-order valence-electron chi connectivity index (χ3n) is 1.60. The molecule has 0 aliphatic carbocycles. The number of carbonyl (C=O) groups excluding carboxylic acids is 1. The summed E-state index contributed by atoms with van der Waals surface area (Å²) in [4.78, 5) is 10.2. The first-order chi connectivity index (χ1) is 5.27. The summed E-state index contributed by atoms with van der Waals surface area (Å²) in [5, 5.41) is 0. The van der Waals surface area contributed by atoms with E-state index in [1.807, 2.05) is 6.92 Å². The largest absolute Gasteiger partial charge is 0.298 e. The van der Waals surface area contributed by atoms with Gasteiger partial charge in [0.1, 0.15) is 5.82 Å². The second-order valence-corrected chi connectivity index (χ2v) is 2.33. The van der Waals surface area contributed by atoms with Crippen LogP contribution in [-0.2, 0) is 6.42 Å². The van der Waals surface area contributed by atoms with E-state index < -0.39 is 5.82 Å². The minimum atomic E-state index is -0.431. The van der Waals surface area contributed by atoms with Crippen molar-refractivity contribution in [3.8, 4) is 0 Å². The Balaban J connectivity index is 3.09. The van der Waals surface area contributed by atoms with Crippen LogP contribution in [0.4, 0.5) is 4.39 Å². The maximum absolute atomic E-state index is 12.8. The van der Waals surface area contributed by atoms with Crippen LogP contribution >= 0.6 is 0 Å². The molecular weight excluding hydrogens is 143 g/mol. The predicted molar refractivity (Wildman–Crippen MR) is 41.2 cm³/mol. The Morgan fingerprint density at radius 2 is 2.27 bits per heavy atom. The fraction of sp³-hybridized carbons (Fsp3) is 0.222. The van der Waals surface area contributed by atoms with E-state index >= 15 is 0 Å². The van der Waals surface area contributed by atoms with Gasteiger partial charge in [0.2, 0.25) is 0 Å². The van der Waals surface area contributed by atoms with Crippen LogP contribution < -0.4 is 0 Å². The first kappa shape index (κ1) is 7.92. The summed E-state index contributed by atoms with van der Waals surface area (Å²) < 4.78 is 12.8. The third-order valence-corrected chi connectivity index (χ3v) is 1.60. The van der Waals surface area contributed by atoms with Gasteiger partial charge < -0.3 is 0 Å². The van der Waals surface area contributed by atoms with Crippen molar-refractivity contribution in [3.05, 3.63) is 35.1 Å². The number of rotatable bonds is 2. The molecule has 58 valence electrons. The molecule has 0 unspecified atom stereocenters. The SMILES string of the molecule is CCc1ccc(C=O)c(F)c1. The summed E-state index contributed by atoms with van der Waals surface area (Å²) in [5.41, 5.74) is 1.04. The molecule has 0 heterocycles. The molecule has 0 aromatic heterocycles. The van der Waals surface area contributed by atoms with Crippen LogP contribution in [0.5, 0.6) is 0 Å². The fourth-order valence-corrected chi connectivity index (χ4v) is 0.886. The zero-order chi connectivity index (χ0) is 8.27. The van der Waals surface area contributed by atoms with Gasteiger partial charge in [-0.2, -0.15) is 0 Å². The highest BCUT2D eigenvalue weighted by Gasteiger charge is 1.99. The van der Waals surface area contributed by atoms with Crippen LogP contribution in [0.3, 0.4) is 0 Å². The summed E-state index contributed by atoms with van der Waals surface area (Å²) in [6.45, 7) is 1.94. The van der Waals surface area contributed by atoms with E-state index in [1.54, 1.807) is 6.07 Å². The van der Waals surface area contributed by atoms with Crippen LogP contribution in [-0.4, -0.2) is 6.29 Å². The van der Waals surface area contributed by atoms with Crippen LogP contribution in [0.1, 0.15) is 22.8 Å². The molecule has 0 aliphatic rings. The lowest BCUT2D eigenvalue weighted by molar-refractivity contribution is 0.112. The number of benzene rings is 1. The smallest absolute Gasteiger partial charge is 0.152 e. The molecule has 1 rings (SSSR count). The first-order valence-electron chi connectivity index (χ1n) is 3.51. The normalized spacial score (nSPS) is 9.64. The number of aryl methyl sites for hydroxylation is 1. The predicted octanol–water partition coefficient (Wildman–Crippen LogP) is 2.20. The van der Waals surface area contributed by atoms with Crippen molar-refractivity contribution in [2.45, 2.75) is 13.3 Å². The Labute approximate surface area is 64.9 Å². The molecule has 0 N–H and O–H groups in total. The molecule has 1 aromatic rings. The summed E-state index contributed by atoms with van der Waals surface area (Å²) in [5.74, 6) is -0.431. The number of hydrogen-bond donors (Lipinski definition) is 0. The topological polar surface area (TPSA) is 17.1 Å². The van der Waals surface area contributed by atoms with Gasteiger partial charge in [0.15, 0.2) is 6.29 Å². The molecule has 0 radical (unpaired) electrons. The van der Waals surface area contributed by atoms with Gasteiger partial charge in [0, 0.05) is 0 Å². The molecule has 0 spiro atoms. The molecule has 11 heavy (non-hydrogen) atoms. The van der Waals surface area contributed by atoms with Gasteiger partial charge in [-0.05, 0) is 24.1 Å². The Kier molecular flexibility index (Phi) is 2.36. The molecule has 2 heteroatoms. The molecule has 1 aromatic carbocycles. The minimum absolute atomic E-state index is 0.127. The van der Waals surface area contributed by atoms with E-state index in [-0.39, 0.29) is 5.56 Å². The molecule has 0 amide bonds. The summed E-state index contributed by atoms with van der Waals surface area (Å²) >= 11 is 0. The van der Waals surface area contributed by atoms with Crippen molar-refractivity contribution in [2.24, 2.45) is 0 Å².